The van der Waals surface area contributed by atoms with Crippen LogP contribution >= 0.6 is 11.3 Å². The minimum absolute atomic E-state index is 0.0753. The van der Waals surface area contributed by atoms with Gasteiger partial charge in [-0.05, 0) is 13.3 Å². The summed E-state index contributed by atoms with van der Waals surface area (Å²) in [6, 6.07) is 0. The van der Waals surface area contributed by atoms with Crippen molar-refractivity contribution in [2.45, 2.75) is 19.9 Å². The van der Waals surface area contributed by atoms with E-state index in [1.165, 1.54) is 0 Å². The van der Waals surface area contributed by atoms with Crippen LogP contribution in [0.3, 0.4) is 0 Å². The van der Waals surface area contributed by atoms with E-state index in [0.29, 0.717) is 5.69 Å². The summed E-state index contributed by atoms with van der Waals surface area (Å²) in [5.74, 6) is 0.0753. The maximum absolute atomic E-state index is 12.5. The Hall–Kier alpha value is -1.73. The van der Waals surface area contributed by atoms with E-state index in [4.69, 9.17) is 0 Å². The first-order valence-corrected chi connectivity index (χ1v) is 8.40. The number of hydrogen-bond donors (Lipinski definition) is 0. The monoisotopic (exact) mass is 319 g/mol. The average Bonchev–Trinajstić information content (AvgIpc) is 3.02. The summed E-state index contributed by atoms with van der Waals surface area (Å²) in [7, 11) is 1.86. The van der Waals surface area contributed by atoms with Crippen molar-refractivity contribution in [1.29, 1.82) is 0 Å². The van der Waals surface area contributed by atoms with Crippen molar-refractivity contribution in [2.24, 2.45) is 7.05 Å². The van der Waals surface area contributed by atoms with Gasteiger partial charge in [0.15, 0.2) is 0 Å². The number of carbonyl (C=O) groups is 1. The smallest absolute Gasteiger partial charge is 0.272 e. The minimum Gasteiger partial charge on any atom is -0.336 e. The lowest BCUT2D eigenvalue weighted by Gasteiger charge is -2.21. The van der Waals surface area contributed by atoms with E-state index in [-0.39, 0.29) is 5.91 Å². The van der Waals surface area contributed by atoms with Crippen LogP contribution in [-0.4, -0.2) is 56.4 Å². The van der Waals surface area contributed by atoms with Crippen molar-refractivity contribution < 1.29 is 4.79 Å². The molecular formula is C15H21N5OS. The third kappa shape index (κ3) is 3.36. The van der Waals surface area contributed by atoms with E-state index in [2.05, 4.69) is 20.2 Å². The molecule has 1 fully saturated rings. The third-order valence-electron chi connectivity index (χ3n) is 3.96. The molecule has 1 saturated heterocycles. The number of rotatable bonds is 3. The van der Waals surface area contributed by atoms with Crippen LogP contribution in [0.25, 0.3) is 0 Å². The largest absolute Gasteiger partial charge is 0.336 e. The second kappa shape index (κ2) is 6.58. The molecule has 0 N–H and O–H groups in total. The van der Waals surface area contributed by atoms with Gasteiger partial charge in [-0.2, -0.15) is 0 Å². The predicted octanol–water partition coefficient (Wildman–Crippen LogP) is 1.53. The van der Waals surface area contributed by atoms with Gasteiger partial charge in [-0.25, -0.2) is 9.97 Å². The summed E-state index contributed by atoms with van der Waals surface area (Å²) in [5, 5.41) is 3.23. The highest BCUT2D eigenvalue weighted by molar-refractivity contribution is 7.09. The molecule has 0 aliphatic carbocycles. The van der Waals surface area contributed by atoms with Gasteiger partial charge in [-0.1, -0.05) is 0 Å². The summed E-state index contributed by atoms with van der Waals surface area (Å²) >= 11 is 1.69. The Morgan fingerprint density at radius 1 is 1.32 bits per heavy atom. The van der Waals surface area contributed by atoms with Crippen molar-refractivity contribution in [2.75, 3.05) is 26.2 Å². The molecule has 0 spiro atoms. The number of aromatic nitrogens is 3. The van der Waals surface area contributed by atoms with Crippen molar-refractivity contribution >= 4 is 17.2 Å². The number of aryl methyl sites for hydroxylation is 2. The topological polar surface area (TPSA) is 54.3 Å². The third-order valence-corrected chi connectivity index (χ3v) is 4.79. The van der Waals surface area contributed by atoms with Gasteiger partial charge in [-0.3, -0.25) is 9.69 Å². The number of hydrogen-bond acceptors (Lipinski definition) is 5. The fourth-order valence-electron chi connectivity index (χ4n) is 2.77. The Labute approximate surface area is 134 Å². The van der Waals surface area contributed by atoms with Crippen LogP contribution in [0, 0.1) is 6.92 Å². The Balaban J connectivity index is 1.60. The molecule has 7 heteroatoms. The van der Waals surface area contributed by atoms with E-state index < -0.39 is 0 Å². The maximum atomic E-state index is 12.5. The summed E-state index contributed by atoms with van der Waals surface area (Å²) in [5.41, 5.74) is 1.79. The molecule has 0 atom stereocenters. The van der Waals surface area contributed by atoms with Gasteiger partial charge in [0.05, 0.1) is 23.2 Å². The van der Waals surface area contributed by atoms with Crippen LogP contribution in [0.2, 0.25) is 0 Å². The molecule has 0 radical (unpaired) electrons. The number of imidazole rings is 1. The lowest BCUT2D eigenvalue weighted by atomic mass is 10.3. The fraction of sp³-hybridized carbons (Fsp3) is 0.533. The standard InChI is InChI=1S/C15H21N5OS/c1-12-17-13(10-22-12)9-19-4-3-5-20(7-6-19)15(21)14-8-16-11-18(14)2/h8,10-11H,3-7,9H2,1-2H3. The molecule has 1 aliphatic heterocycles. The highest BCUT2D eigenvalue weighted by Gasteiger charge is 2.22. The van der Waals surface area contributed by atoms with E-state index in [1.807, 2.05) is 18.9 Å². The molecule has 3 heterocycles. The molecule has 0 aromatic carbocycles. The number of nitrogens with zero attached hydrogens (tertiary/aromatic N) is 5. The lowest BCUT2D eigenvalue weighted by molar-refractivity contribution is 0.0751. The maximum Gasteiger partial charge on any atom is 0.272 e. The van der Waals surface area contributed by atoms with Crippen LogP contribution in [-0.2, 0) is 13.6 Å². The molecule has 118 valence electrons. The lowest BCUT2D eigenvalue weighted by Crippen LogP contribution is -2.36. The van der Waals surface area contributed by atoms with Crippen molar-refractivity contribution in [1.82, 2.24) is 24.3 Å². The predicted molar refractivity (Wildman–Crippen MR) is 85.9 cm³/mol. The number of thiazole rings is 1. The van der Waals surface area contributed by atoms with Crippen molar-refractivity contribution in [3.8, 4) is 0 Å². The first kappa shape index (κ1) is 15.2. The molecule has 1 aliphatic rings. The highest BCUT2D eigenvalue weighted by atomic mass is 32.1. The summed E-state index contributed by atoms with van der Waals surface area (Å²) in [6.45, 7) is 6.36. The van der Waals surface area contributed by atoms with Gasteiger partial charge in [0.2, 0.25) is 0 Å². The SMILES string of the molecule is Cc1nc(CN2CCCN(C(=O)c3cncn3C)CC2)cs1. The molecule has 2 aromatic heterocycles. The van der Waals surface area contributed by atoms with Gasteiger partial charge in [0.1, 0.15) is 5.69 Å². The Bertz CT molecular complexity index is 650. The summed E-state index contributed by atoms with van der Waals surface area (Å²) < 4.78 is 1.78. The van der Waals surface area contributed by atoms with E-state index in [9.17, 15) is 4.79 Å². The zero-order valence-corrected chi connectivity index (χ0v) is 13.8. The zero-order chi connectivity index (χ0) is 15.5. The highest BCUT2D eigenvalue weighted by Crippen LogP contribution is 2.13. The van der Waals surface area contributed by atoms with Crippen molar-refractivity contribution in [3.63, 3.8) is 0 Å². The average molecular weight is 319 g/mol. The van der Waals surface area contributed by atoms with E-state index in [0.717, 1.165) is 49.8 Å². The number of amides is 1. The Kier molecular flexibility index (Phi) is 4.54. The van der Waals surface area contributed by atoms with Gasteiger partial charge in [0, 0.05) is 45.2 Å². The Morgan fingerprint density at radius 2 is 2.18 bits per heavy atom. The molecule has 0 bridgehead atoms. The molecule has 22 heavy (non-hydrogen) atoms. The van der Waals surface area contributed by atoms with E-state index >= 15 is 0 Å². The quantitative estimate of drug-likeness (QED) is 0.861. The summed E-state index contributed by atoms with van der Waals surface area (Å²) in [4.78, 5) is 25.4. The molecule has 0 unspecified atom stereocenters. The molecule has 6 nitrogen and oxygen atoms in total. The van der Waals surface area contributed by atoms with Crippen LogP contribution in [0.4, 0.5) is 0 Å². The van der Waals surface area contributed by atoms with Gasteiger partial charge < -0.3 is 9.47 Å². The van der Waals surface area contributed by atoms with Crippen LogP contribution < -0.4 is 0 Å². The fourth-order valence-corrected chi connectivity index (χ4v) is 3.37. The molecular weight excluding hydrogens is 298 g/mol. The van der Waals surface area contributed by atoms with Crippen LogP contribution in [0.1, 0.15) is 27.6 Å². The summed E-state index contributed by atoms with van der Waals surface area (Å²) in [6.07, 6.45) is 4.30. The minimum atomic E-state index is 0.0753. The number of carbonyl (C=O) groups excluding carboxylic acids is 1. The molecule has 2 aromatic rings. The van der Waals surface area contributed by atoms with Crippen LogP contribution in [0.5, 0.6) is 0 Å². The van der Waals surface area contributed by atoms with Gasteiger partial charge >= 0.3 is 0 Å². The second-order valence-corrected chi connectivity index (χ2v) is 6.73. The molecule has 0 saturated carbocycles. The molecule has 3 rings (SSSR count). The zero-order valence-electron chi connectivity index (χ0n) is 13.0. The second-order valence-electron chi connectivity index (χ2n) is 5.67. The first-order valence-electron chi connectivity index (χ1n) is 7.52. The Morgan fingerprint density at radius 3 is 2.86 bits per heavy atom. The van der Waals surface area contributed by atoms with Crippen molar-refractivity contribution in [3.05, 3.63) is 34.3 Å². The molecule has 1 amide bonds. The van der Waals surface area contributed by atoms with Gasteiger partial charge in [0.25, 0.3) is 5.91 Å². The van der Waals surface area contributed by atoms with Gasteiger partial charge in [-0.15, -0.1) is 11.3 Å². The van der Waals surface area contributed by atoms with E-state index in [1.54, 1.807) is 28.4 Å². The van der Waals surface area contributed by atoms with Crippen LogP contribution in [0.15, 0.2) is 17.9 Å². The normalized spacial score (nSPS) is 16.7. The first-order chi connectivity index (χ1) is 10.6.